The fourth-order valence-electron chi connectivity index (χ4n) is 1.34. The molecule has 100 valence electrons. The summed E-state index contributed by atoms with van der Waals surface area (Å²) in [7, 11) is 0. The first-order valence-corrected chi connectivity index (χ1v) is 6.57. The van der Waals surface area contributed by atoms with Gasteiger partial charge >= 0.3 is 6.09 Å². The van der Waals surface area contributed by atoms with Crippen molar-refractivity contribution >= 4 is 23.7 Å². The number of rotatable bonds is 4. The number of carbonyl (C=O) groups is 2. The number of nitrogens with zero attached hydrogens (tertiary/aromatic N) is 1. The van der Waals surface area contributed by atoms with Crippen LogP contribution in [0.15, 0.2) is 5.38 Å². The summed E-state index contributed by atoms with van der Waals surface area (Å²) in [6.45, 7) is 7.31. The second kappa shape index (κ2) is 5.95. The molecule has 0 radical (unpaired) electrons. The van der Waals surface area contributed by atoms with Crippen LogP contribution in [0.2, 0.25) is 0 Å². The van der Waals surface area contributed by atoms with E-state index in [0.717, 1.165) is 12.0 Å². The summed E-state index contributed by atoms with van der Waals surface area (Å²) in [6, 6.07) is -0.0959. The van der Waals surface area contributed by atoms with Crippen LogP contribution in [0.5, 0.6) is 0 Å². The number of amides is 1. The Balaban J connectivity index is 2.44. The fourth-order valence-corrected chi connectivity index (χ4v) is 1.98. The minimum Gasteiger partial charge on any atom is -0.444 e. The largest absolute Gasteiger partial charge is 0.444 e. The Morgan fingerprint density at radius 1 is 1.61 bits per heavy atom. The molecular weight excluding hydrogens is 252 g/mol. The fraction of sp³-hybridized carbons (Fsp3) is 0.583. The standard InChI is InChI=1S/C12H18N2O3S/c1-8(13-11(16)17-12(2,3)4)5-9-7-18-10(6-15)14-9/h6-8H,5H2,1-4H3,(H,13,16). The average Bonchev–Trinajstić information content (AvgIpc) is 2.61. The van der Waals surface area contributed by atoms with Gasteiger partial charge in [0.05, 0.1) is 5.69 Å². The molecule has 1 rings (SSSR count). The number of alkyl carbamates (subject to hydrolysis) is 1. The van der Waals surface area contributed by atoms with Gasteiger partial charge in [0.15, 0.2) is 11.3 Å². The van der Waals surface area contributed by atoms with Crippen LogP contribution >= 0.6 is 11.3 Å². The van der Waals surface area contributed by atoms with Crippen molar-refractivity contribution in [3.05, 3.63) is 16.1 Å². The Hall–Kier alpha value is -1.43. The van der Waals surface area contributed by atoms with E-state index in [4.69, 9.17) is 4.74 Å². The van der Waals surface area contributed by atoms with Crippen molar-refractivity contribution in [1.82, 2.24) is 10.3 Å². The molecule has 0 saturated heterocycles. The summed E-state index contributed by atoms with van der Waals surface area (Å²) < 4.78 is 5.15. The lowest BCUT2D eigenvalue weighted by atomic mass is 10.2. The molecule has 1 N–H and O–H groups in total. The van der Waals surface area contributed by atoms with Crippen molar-refractivity contribution in [1.29, 1.82) is 0 Å². The minimum atomic E-state index is -0.505. The third-order valence-corrected chi connectivity index (χ3v) is 2.77. The monoisotopic (exact) mass is 270 g/mol. The van der Waals surface area contributed by atoms with E-state index in [0.29, 0.717) is 11.4 Å². The topological polar surface area (TPSA) is 68.3 Å². The van der Waals surface area contributed by atoms with Crippen molar-refractivity contribution in [2.45, 2.75) is 45.8 Å². The van der Waals surface area contributed by atoms with Crippen LogP contribution in [0.25, 0.3) is 0 Å². The van der Waals surface area contributed by atoms with E-state index in [2.05, 4.69) is 10.3 Å². The van der Waals surface area contributed by atoms with Gasteiger partial charge in [0, 0.05) is 17.8 Å². The van der Waals surface area contributed by atoms with Crippen LogP contribution in [0.3, 0.4) is 0 Å². The highest BCUT2D eigenvalue weighted by atomic mass is 32.1. The summed E-state index contributed by atoms with van der Waals surface area (Å²) >= 11 is 1.30. The van der Waals surface area contributed by atoms with Crippen molar-refractivity contribution in [2.75, 3.05) is 0 Å². The van der Waals surface area contributed by atoms with Crippen molar-refractivity contribution < 1.29 is 14.3 Å². The van der Waals surface area contributed by atoms with Gasteiger partial charge in [-0.15, -0.1) is 11.3 Å². The van der Waals surface area contributed by atoms with Crippen LogP contribution in [0, 0.1) is 0 Å². The number of aromatic nitrogens is 1. The van der Waals surface area contributed by atoms with Gasteiger partial charge < -0.3 is 10.1 Å². The molecule has 1 aromatic heterocycles. The highest BCUT2D eigenvalue weighted by molar-refractivity contribution is 7.11. The lowest BCUT2D eigenvalue weighted by Gasteiger charge is -2.21. The van der Waals surface area contributed by atoms with E-state index in [9.17, 15) is 9.59 Å². The summed E-state index contributed by atoms with van der Waals surface area (Å²) in [4.78, 5) is 26.1. The van der Waals surface area contributed by atoms with Gasteiger partial charge in [0.2, 0.25) is 0 Å². The zero-order valence-electron chi connectivity index (χ0n) is 11.0. The summed E-state index contributed by atoms with van der Waals surface area (Å²) in [5, 5.41) is 5.00. The van der Waals surface area contributed by atoms with Crippen LogP contribution in [0.4, 0.5) is 4.79 Å². The van der Waals surface area contributed by atoms with Gasteiger partial charge in [-0.05, 0) is 27.7 Å². The molecule has 1 aromatic rings. The molecule has 0 aliphatic rings. The Morgan fingerprint density at radius 3 is 2.78 bits per heavy atom. The summed E-state index contributed by atoms with van der Waals surface area (Å²) in [6.07, 6.45) is 0.852. The van der Waals surface area contributed by atoms with Crippen LogP contribution < -0.4 is 5.32 Å². The van der Waals surface area contributed by atoms with Gasteiger partial charge in [-0.3, -0.25) is 4.79 Å². The lowest BCUT2D eigenvalue weighted by Crippen LogP contribution is -2.38. The maximum absolute atomic E-state index is 11.5. The van der Waals surface area contributed by atoms with Gasteiger partial charge in [-0.1, -0.05) is 0 Å². The van der Waals surface area contributed by atoms with E-state index in [-0.39, 0.29) is 6.04 Å². The number of thiazole rings is 1. The van der Waals surface area contributed by atoms with Gasteiger partial charge in [-0.25, -0.2) is 9.78 Å². The molecule has 18 heavy (non-hydrogen) atoms. The maximum atomic E-state index is 11.5. The second-order valence-corrected chi connectivity index (χ2v) is 5.94. The Labute approximate surface area is 111 Å². The Morgan fingerprint density at radius 2 is 2.28 bits per heavy atom. The highest BCUT2D eigenvalue weighted by Gasteiger charge is 2.18. The van der Waals surface area contributed by atoms with Gasteiger partial charge in [-0.2, -0.15) is 0 Å². The third kappa shape index (κ3) is 5.27. The van der Waals surface area contributed by atoms with Crippen molar-refractivity contribution in [3.63, 3.8) is 0 Å². The van der Waals surface area contributed by atoms with Crippen molar-refractivity contribution in [2.24, 2.45) is 0 Å². The molecule has 1 unspecified atom stereocenters. The van der Waals surface area contributed by atoms with Gasteiger partial charge in [0.1, 0.15) is 5.60 Å². The number of nitrogens with one attached hydrogen (secondary N) is 1. The summed E-state index contributed by atoms with van der Waals surface area (Å²) in [5.74, 6) is 0. The predicted molar refractivity (Wildman–Crippen MR) is 70.0 cm³/mol. The first kappa shape index (κ1) is 14.6. The minimum absolute atomic E-state index is 0.0959. The molecule has 0 saturated carbocycles. The van der Waals surface area contributed by atoms with Crippen LogP contribution in [-0.2, 0) is 11.2 Å². The van der Waals surface area contributed by atoms with E-state index in [1.165, 1.54) is 11.3 Å². The SMILES string of the molecule is CC(Cc1csc(C=O)n1)NC(=O)OC(C)(C)C. The van der Waals surface area contributed by atoms with Crippen molar-refractivity contribution in [3.8, 4) is 0 Å². The highest BCUT2D eigenvalue weighted by Crippen LogP contribution is 2.10. The van der Waals surface area contributed by atoms with E-state index in [1.54, 1.807) is 0 Å². The zero-order valence-corrected chi connectivity index (χ0v) is 11.8. The van der Waals surface area contributed by atoms with E-state index >= 15 is 0 Å². The lowest BCUT2D eigenvalue weighted by molar-refractivity contribution is 0.0508. The van der Waals surface area contributed by atoms with E-state index < -0.39 is 11.7 Å². The Bertz CT molecular complexity index is 423. The molecule has 0 aliphatic heterocycles. The molecule has 0 spiro atoms. The quantitative estimate of drug-likeness (QED) is 0.853. The van der Waals surface area contributed by atoms with Crippen LogP contribution in [-0.4, -0.2) is 29.0 Å². The summed E-state index contributed by atoms with van der Waals surface area (Å²) in [5.41, 5.74) is 0.292. The second-order valence-electron chi connectivity index (χ2n) is 5.05. The molecule has 0 aromatic carbocycles. The maximum Gasteiger partial charge on any atom is 0.407 e. The molecular formula is C12H18N2O3S. The number of hydrogen-bond donors (Lipinski definition) is 1. The molecule has 1 amide bonds. The number of hydrogen-bond acceptors (Lipinski definition) is 5. The zero-order chi connectivity index (χ0) is 13.8. The van der Waals surface area contributed by atoms with Gasteiger partial charge in [0.25, 0.3) is 0 Å². The first-order valence-electron chi connectivity index (χ1n) is 5.69. The third-order valence-electron chi connectivity index (χ3n) is 1.95. The number of aldehydes is 1. The first-order chi connectivity index (χ1) is 8.30. The average molecular weight is 270 g/mol. The molecule has 0 aliphatic carbocycles. The predicted octanol–water partition coefficient (Wildman–Crippen LogP) is 2.41. The molecule has 1 heterocycles. The normalized spacial score (nSPS) is 12.9. The Kier molecular flexibility index (Phi) is 4.84. The smallest absolute Gasteiger partial charge is 0.407 e. The van der Waals surface area contributed by atoms with E-state index in [1.807, 2.05) is 33.1 Å². The molecule has 5 nitrogen and oxygen atoms in total. The molecule has 0 fully saturated rings. The molecule has 0 bridgehead atoms. The van der Waals surface area contributed by atoms with Crippen LogP contribution in [0.1, 0.15) is 43.2 Å². The number of ether oxygens (including phenoxy) is 1. The number of carbonyl (C=O) groups excluding carboxylic acids is 2. The molecule has 6 heteroatoms. The molecule has 1 atom stereocenters.